The van der Waals surface area contributed by atoms with Crippen LogP contribution in [-0.4, -0.2) is 53.9 Å². The maximum atomic E-state index is 14.9. The Morgan fingerprint density at radius 3 is 2.65 bits per heavy atom. The van der Waals surface area contributed by atoms with Crippen LogP contribution in [0.5, 0.6) is 0 Å². The van der Waals surface area contributed by atoms with Crippen LogP contribution in [0.1, 0.15) is 19.8 Å². The zero-order valence-corrected chi connectivity index (χ0v) is 17.2. The number of nitrogens with zero attached hydrogens (tertiary/aromatic N) is 3. The third-order valence-corrected chi connectivity index (χ3v) is 5.95. The summed E-state index contributed by atoms with van der Waals surface area (Å²) in [5.41, 5.74) is 6.62. The van der Waals surface area contributed by atoms with E-state index in [0.29, 0.717) is 29.7 Å². The molecule has 4 rings (SSSR count). The van der Waals surface area contributed by atoms with Crippen molar-refractivity contribution in [1.82, 2.24) is 4.98 Å². The van der Waals surface area contributed by atoms with Gasteiger partial charge in [0.25, 0.3) is 0 Å². The van der Waals surface area contributed by atoms with Crippen molar-refractivity contribution in [3.63, 3.8) is 0 Å². The van der Waals surface area contributed by atoms with E-state index < -0.39 is 29.8 Å². The van der Waals surface area contributed by atoms with Crippen molar-refractivity contribution in [1.29, 1.82) is 0 Å². The number of pyridine rings is 1. The smallest absolute Gasteiger partial charge is 0.414 e. The van der Waals surface area contributed by atoms with E-state index in [1.165, 1.54) is 11.0 Å². The fourth-order valence-electron chi connectivity index (χ4n) is 3.87. The molecule has 2 fully saturated rings. The van der Waals surface area contributed by atoms with Crippen LogP contribution in [0.4, 0.5) is 20.7 Å². The van der Waals surface area contributed by atoms with Crippen LogP contribution < -0.4 is 15.5 Å². The predicted molar refractivity (Wildman–Crippen MR) is 113 cm³/mol. The number of ether oxygens (including phenoxy) is 1. The minimum Gasteiger partial charge on any atom is -0.443 e. The molecule has 2 saturated heterocycles. The average molecular weight is 428 g/mol. The summed E-state index contributed by atoms with van der Waals surface area (Å²) in [7, 11) is 0. The Labute approximate surface area is 179 Å². The van der Waals surface area contributed by atoms with Crippen molar-refractivity contribution < 1.29 is 23.8 Å². The summed E-state index contributed by atoms with van der Waals surface area (Å²) in [5.74, 6) is -0.891. The van der Waals surface area contributed by atoms with Crippen LogP contribution in [-0.2, 0) is 9.53 Å². The quantitative estimate of drug-likeness (QED) is 0.756. The number of nitrogens with two attached hydrogens (primary N) is 1. The van der Waals surface area contributed by atoms with Gasteiger partial charge in [-0.1, -0.05) is 0 Å². The Hall–Kier alpha value is -3.20. The molecular weight excluding hydrogens is 403 g/mol. The number of carbonyl (C=O) groups is 2. The molecule has 1 aromatic carbocycles. The molecule has 164 valence electrons. The normalized spacial score (nSPS) is 20.6. The Bertz CT molecular complexity index is 976. The van der Waals surface area contributed by atoms with Gasteiger partial charge < -0.3 is 20.5 Å². The number of anilines is 2. The lowest BCUT2D eigenvalue weighted by Crippen LogP contribution is -2.36. The van der Waals surface area contributed by atoms with Crippen molar-refractivity contribution in [3.05, 3.63) is 42.3 Å². The van der Waals surface area contributed by atoms with Crippen LogP contribution >= 0.6 is 0 Å². The number of benzene rings is 1. The SMILES string of the molecule is C[C@H](C(N)=O)C1CN(c2ccc(-c3ccc(N4CCC(O)CC4)nc3)c(F)c2)C(=O)O1. The van der Waals surface area contributed by atoms with Crippen LogP contribution in [0.15, 0.2) is 36.5 Å². The summed E-state index contributed by atoms with van der Waals surface area (Å²) in [6, 6.07) is 8.15. The average Bonchev–Trinajstić information content (AvgIpc) is 3.15. The molecule has 0 radical (unpaired) electrons. The second-order valence-electron chi connectivity index (χ2n) is 8.01. The number of aromatic nitrogens is 1. The fraction of sp³-hybridized carbons (Fsp3) is 0.409. The molecule has 1 aromatic heterocycles. The van der Waals surface area contributed by atoms with Crippen molar-refractivity contribution in [2.24, 2.45) is 11.7 Å². The van der Waals surface area contributed by atoms with Gasteiger partial charge in [-0.25, -0.2) is 14.2 Å². The molecule has 0 spiro atoms. The van der Waals surface area contributed by atoms with Gasteiger partial charge in [0.05, 0.1) is 24.3 Å². The number of halogens is 1. The Morgan fingerprint density at radius 2 is 2.03 bits per heavy atom. The van der Waals surface area contributed by atoms with Crippen molar-refractivity contribution in [3.8, 4) is 11.1 Å². The monoisotopic (exact) mass is 428 g/mol. The number of cyclic esters (lactones) is 1. The molecule has 2 aromatic rings. The number of hydrogen-bond acceptors (Lipinski definition) is 6. The van der Waals surface area contributed by atoms with Gasteiger partial charge in [-0.05, 0) is 50.1 Å². The van der Waals surface area contributed by atoms with Crippen molar-refractivity contribution in [2.45, 2.75) is 32.0 Å². The first-order valence-corrected chi connectivity index (χ1v) is 10.3. The lowest BCUT2D eigenvalue weighted by Gasteiger charge is -2.30. The molecule has 2 aliphatic rings. The number of aliphatic hydroxyl groups excluding tert-OH is 1. The lowest BCUT2D eigenvalue weighted by atomic mass is 10.0. The molecule has 2 atom stereocenters. The van der Waals surface area contributed by atoms with Crippen LogP contribution in [0.2, 0.25) is 0 Å². The second kappa shape index (κ2) is 8.50. The van der Waals surface area contributed by atoms with E-state index in [9.17, 15) is 19.1 Å². The van der Waals surface area contributed by atoms with Gasteiger partial charge in [0, 0.05) is 30.4 Å². The Balaban J connectivity index is 1.49. The van der Waals surface area contributed by atoms with E-state index in [1.54, 1.807) is 31.3 Å². The molecule has 2 amide bonds. The second-order valence-corrected chi connectivity index (χ2v) is 8.01. The number of aliphatic hydroxyl groups is 1. The zero-order valence-electron chi connectivity index (χ0n) is 17.2. The first-order chi connectivity index (χ1) is 14.8. The van der Waals surface area contributed by atoms with E-state index in [1.807, 2.05) is 6.07 Å². The molecule has 3 N–H and O–H groups in total. The third-order valence-electron chi connectivity index (χ3n) is 5.95. The number of piperidine rings is 1. The maximum absolute atomic E-state index is 14.9. The van der Waals surface area contributed by atoms with E-state index in [-0.39, 0.29) is 12.6 Å². The van der Waals surface area contributed by atoms with Gasteiger partial charge in [0.1, 0.15) is 17.7 Å². The molecule has 8 nitrogen and oxygen atoms in total. The summed E-state index contributed by atoms with van der Waals surface area (Å²) in [6.07, 6.45) is 1.47. The lowest BCUT2D eigenvalue weighted by molar-refractivity contribution is -0.123. The molecular formula is C22H25FN4O4. The summed E-state index contributed by atoms with van der Waals surface area (Å²) < 4.78 is 20.1. The fourth-order valence-corrected chi connectivity index (χ4v) is 3.87. The van der Waals surface area contributed by atoms with E-state index in [4.69, 9.17) is 10.5 Å². The van der Waals surface area contributed by atoms with Crippen molar-refractivity contribution >= 4 is 23.5 Å². The van der Waals surface area contributed by atoms with Crippen molar-refractivity contribution in [2.75, 3.05) is 29.4 Å². The van der Waals surface area contributed by atoms with Gasteiger partial charge in [-0.2, -0.15) is 0 Å². The molecule has 0 aliphatic carbocycles. The van der Waals surface area contributed by atoms with Crippen LogP contribution in [0, 0.1) is 11.7 Å². The zero-order chi connectivity index (χ0) is 22.1. The number of rotatable bonds is 5. The Morgan fingerprint density at radius 1 is 1.29 bits per heavy atom. The van der Waals surface area contributed by atoms with Gasteiger partial charge in [0.15, 0.2) is 0 Å². The topological polar surface area (TPSA) is 109 Å². The highest BCUT2D eigenvalue weighted by molar-refractivity contribution is 5.91. The minimum atomic E-state index is -0.666. The van der Waals surface area contributed by atoms with E-state index >= 15 is 0 Å². The number of amides is 2. The molecule has 2 aliphatic heterocycles. The number of primary amides is 1. The summed E-state index contributed by atoms with van der Waals surface area (Å²) in [6.45, 7) is 3.19. The highest BCUT2D eigenvalue weighted by atomic mass is 19.1. The molecule has 0 bridgehead atoms. The van der Waals surface area contributed by atoms with Gasteiger partial charge in [-0.15, -0.1) is 0 Å². The molecule has 0 saturated carbocycles. The summed E-state index contributed by atoms with van der Waals surface area (Å²) >= 11 is 0. The molecule has 9 heteroatoms. The van der Waals surface area contributed by atoms with Crippen LogP contribution in [0.3, 0.4) is 0 Å². The predicted octanol–water partition coefficient (Wildman–Crippen LogP) is 2.30. The largest absolute Gasteiger partial charge is 0.443 e. The summed E-state index contributed by atoms with van der Waals surface area (Å²) in [5, 5.41) is 9.64. The minimum absolute atomic E-state index is 0.127. The highest BCUT2D eigenvalue weighted by Crippen LogP contribution is 2.31. The standard InChI is InChI=1S/C22H25FN4O4/c1-13(21(24)29)19-12-27(22(30)31-19)15-3-4-17(18(23)10-15)14-2-5-20(25-11-14)26-8-6-16(28)7-9-26/h2-5,10-11,13,16,19,28H,6-9,12H2,1H3,(H2,24,29)/t13-,19?/m0/s1. The van der Waals surface area contributed by atoms with Gasteiger partial charge in [0.2, 0.25) is 5.91 Å². The maximum Gasteiger partial charge on any atom is 0.414 e. The highest BCUT2D eigenvalue weighted by Gasteiger charge is 2.38. The molecule has 3 heterocycles. The van der Waals surface area contributed by atoms with Gasteiger partial charge in [-0.3, -0.25) is 9.69 Å². The number of carbonyl (C=O) groups excluding carboxylic acids is 2. The molecule has 31 heavy (non-hydrogen) atoms. The molecule has 1 unspecified atom stereocenters. The Kier molecular flexibility index (Phi) is 5.77. The van der Waals surface area contributed by atoms with E-state index in [2.05, 4.69) is 9.88 Å². The summed E-state index contributed by atoms with van der Waals surface area (Å²) in [4.78, 5) is 31.4. The first kappa shape index (κ1) is 21.0. The van der Waals surface area contributed by atoms with Gasteiger partial charge >= 0.3 is 6.09 Å². The first-order valence-electron chi connectivity index (χ1n) is 10.3. The number of hydrogen-bond donors (Lipinski definition) is 2. The third kappa shape index (κ3) is 4.32. The van der Waals surface area contributed by atoms with E-state index in [0.717, 1.165) is 18.9 Å². The van der Waals surface area contributed by atoms with Crippen LogP contribution in [0.25, 0.3) is 11.1 Å².